The number of rotatable bonds is 7. The highest BCUT2D eigenvalue weighted by atomic mass is 16.5. The number of ether oxygens (including phenoxy) is 1. The third-order valence-electron chi connectivity index (χ3n) is 5.28. The predicted molar refractivity (Wildman–Crippen MR) is 111 cm³/mol. The number of amides is 1. The average molecular weight is 375 g/mol. The summed E-state index contributed by atoms with van der Waals surface area (Å²) in [5, 5.41) is 0. The minimum Gasteiger partial charge on any atom is -0.491 e. The summed E-state index contributed by atoms with van der Waals surface area (Å²) >= 11 is 0. The maximum atomic E-state index is 12.3. The minimum absolute atomic E-state index is 0.0957. The van der Waals surface area contributed by atoms with Gasteiger partial charge in [-0.3, -0.25) is 4.79 Å². The van der Waals surface area contributed by atoms with Gasteiger partial charge in [0, 0.05) is 25.4 Å². The molecule has 2 heterocycles. The van der Waals surface area contributed by atoms with Crippen LogP contribution in [0, 0.1) is 6.92 Å². The highest BCUT2D eigenvalue weighted by Crippen LogP contribution is 2.30. The largest absolute Gasteiger partial charge is 0.491 e. The number of benzene rings is 2. The van der Waals surface area contributed by atoms with Gasteiger partial charge < -0.3 is 14.2 Å². The molecule has 0 aliphatic carbocycles. The quantitative estimate of drug-likeness (QED) is 0.588. The Morgan fingerprint density at radius 2 is 2.00 bits per heavy atom. The fraction of sp³-hybridized carbons (Fsp3) is 0.304. The van der Waals surface area contributed by atoms with Crippen molar-refractivity contribution in [3.8, 4) is 5.75 Å². The third-order valence-corrected chi connectivity index (χ3v) is 5.28. The van der Waals surface area contributed by atoms with Crippen LogP contribution in [0.5, 0.6) is 5.75 Å². The van der Waals surface area contributed by atoms with Crippen molar-refractivity contribution in [2.45, 2.75) is 25.8 Å². The van der Waals surface area contributed by atoms with Crippen LogP contribution >= 0.6 is 0 Å². The van der Waals surface area contributed by atoms with Crippen LogP contribution in [-0.2, 0) is 11.3 Å². The molecule has 28 heavy (non-hydrogen) atoms. The first kappa shape index (κ1) is 18.3. The van der Waals surface area contributed by atoms with E-state index in [9.17, 15) is 4.79 Å². The first-order valence-electron chi connectivity index (χ1n) is 9.69. The summed E-state index contributed by atoms with van der Waals surface area (Å²) < 4.78 is 8.23. The van der Waals surface area contributed by atoms with Crippen LogP contribution in [0.25, 0.3) is 11.0 Å². The number of nitrogens with zero attached hydrogens (tertiary/aromatic N) is 3. The van der Waals surface area contributed by atoms with Crippen molar-refractivity contribution < 1.29 is 9.53 Å². The van der Waals surface area contributed by atoms with Gasteiger partial charge >= 0.3 is 0 Å². The second-order valence-electron chi connectivity index (χ2n) is 7.21. The highest BCUT2D eigenvalue weighted by Gasteiger charge is 2.33. The van der Waals surface area contributed by atoms with E-state index in [0.29, 0.717) is 32.7 Å². The number of para-hydroxylation sites is 3. The van der Waals surface area contributed by atoms with Gasteiger partial charge in [0.2, 0.25) is 5.91 Å². The molecule has 1 aliphatic rings. The second kappa shape index (κ2) is 7.89. The van der Waals surface area contributed by atoms with Gasteiger partial charge in [-0.05, 0) is 30.7 Å². The Morgan fingerprint density at radius 3 is 2.82 bits per heavy atom. The van der Waals surface area contributed by atoms with Crippen molar-refractivity contribution >= 4 is 16.9 Å². The molecule has 0 bridgehead atoms. The summed E-state index contributed by atoms with van der Waals surface area (Å²) in [5.74, 6) is 2.13. The van der Waals surface area contributed by atoms with E-state index in [4.69, 9.17) is 9.72 Å². The standard InChI is InChI=1S/C23H25N3O2/c1-3-12-25-16-18(15-22(25)27)23-24-19-9-5-6-10-20(19)26(23)13-14-28-21-11-7-4-8-17(21)2/h3-11,18H,1,12-16H2,2H3/t18-/m1/s1. The van der Waals surface area contributed by atoms with E-state index in [0.717, 1.165) is 28.2 Å². The molecule has 144 valence electrons. The first-order valence-corrected chi connectivity index (χ1v) is 9.69. The molecule has 5 nitrogen and oxygen atoms in total. The molecule has 1 aromatic heterocycles. The van der Waals surface area contributed by atoms with E-state index in [2.05, 4.69) is 17.2 Å². The van der Waals surface area contributed by atoms with E-state index in [1.54, 1.807) is 6.08 Å². The number of aryl methyl sites for hydroxylation is 1. The number of carbonyl (C=O) groups is 1. The zero-order valence-corrected chi connectivity index (χ0v) is 16.2. The zero-order valence-electron chi connectivity index (χ0n) is 16.2. The van der Waals surface area contributed by atoms with E-state index in [1.165, 1.54) is 0 Å². The summed E-state index contributed by atoms with van der Waals surface area (Å²) in [7, 11) is 0. The van der Waals surface area contributed by atoms with Gasteiger partial charge in [0.25, 0.3) is 0 Å². The van der Waals surface area contributed by atoms with Crippen molar-refractivity contribution in [3.63, 3.8) is 0 Å². The SMILES string of the molecule is C=CCN1C[C@H](c2nc3ccccc3n2CCOc2ccccc2C)CC1=O. The summed E-state index contributed by atoms with van der Waals surface area (Å²) in [5.41, 5.74) is 3.17. The number of likely N-dealkylation sites (tertiary alicyclic amines) is 1. The van der Waals surface area contributed by atoms with Crippen LogP contribution in [0.1, 0.15) is 23.7 Å². The number of aromatic nitrogens is 2. The molecule has 1 fully saturated rings. The lowest BCUT2D eigenvalue weighted by Gasteiger charge is -2.16. The molecule has 3 aromatic rings. The van der Waals surface area contributed by atoms with Gasteiger partial charge in [-0.1, -0.05) is 36.4 Å². The van der Waals surface area contributed by atoms with Gasteiger partial charge in [-0.15, -0.1) is 6.58 Å². The first-order chi connectivity index (χ1) is 13.7. The Kier molecular flexibility index (Phi) is 5.15. The number of carbonyl (C=O) groups excluding carboxylic acids is 1. The summed E-state index contributed by atoms with van der Waals surface area (Å²) in [4.78, 5) is 19.0. The Hall–Kier alpha value is -3.08. The van der Waals surface area contributed by atoms with Crippen molar-refractivity contribution in [2.24, 2.45) is 0 Å². The Labute approximate surface area is 165 Å². The smallest absolute Gasteiger partial charge is 0.223 e. The van der Waals surface area contributed by atoms with Gasteiger partial charge in [0.05, 0.1) is 17.6 Å². The Bertz CT molecular complexity index is 1010. The lowest BCUT2D eigenvalue weighted by Crippen LogP contribution is -2.25. The average Bonchev–Trinajstić information content (AvgIpc) is 3.24. The van der Waals surface area contributed by atoms with E-state index in [-0.39, 0.29) is 11.8 Å². The van der Waals surface area contributed by atoms with Crippen LogP contribution in [0.15, 0.2) is 61.2 Å². The molecular formula is C23H25N3O2. The van der Waals surface area contributed by atoms with Gasteiger partial charge in [0.1, 0.15) is 18.2 Å². The highest BCUT2D eigenvalue weighted by molar-refractivity contribution is 5.81. The molecule has 0 radical (unpaired) electrons. The van der Waals surface area contributed by atoms with Crippen LogP contribution in [0.4, 0.5) is 0 Å². The van der Waals surface area contributed by atoms with Crippen molar-refractivity contribution in [1.82, 2.24) is 14.5 Å². The molecule has 0 saturated carbocycles. The van der Waals surface area contributed by atoms with Crippen molar-refractivity contribution in [1.29, 1.82) is 0 Å². The van der Waals surface area contributed by atoms with E-state index >= 15 is 0 Å². The molecule has 4 rings (SSSR count). The van der Waals surface area contributed by atoms with Crippen LogP contribution < -0.4 is 4.74 Å². The minimum atomic E-state index is 0.0957. The topological polar surface area (TPSA) is 47.4 Å². The summed E-state index contributed by atoms with van der Waals surface area (Å²) in [6, 6.07) is 16.2. The number of hydrogen-bond donors (Lipinski definition) is 0. The summed E-state index contributed by atoms with van der Waals surface area (Å²) in [6.45, 7) is 8.32. The molecular weight excluding hydrogens is 350 g/mol. The lowest BCUT2D eigenvalue weighted by atomic mass is 10.1. The second-order valence-corrected chi connectivity index (χ2v) is 7.21. The fourth-order valence-electron chi connectivity index (χ4n) is 3.88. The molecule has 1 saturated heterocycles. The molecule has 0 unspecified atom stereocenters. The molecule has 1 aliphatic heterocycles. The molecule has 0 spiro atoms. The molecule has 2 aromatic carbocycles. The Morgan fingerprint density at radius 1 is 1.21 bits per heavy atom. The lowest BCUT2D eigenvalue weighted by molar-refractivity contribution is -0.127. The summed E-state index contributed by atoms with van der Waals surface area (Å²) in [6.07, 6.45) is 2.27. The normalized spacial score (nSPS) is 16.7. The van der Waals surface area contributed by atoms with E-state index < -0.39 is 0 Å². The number of fused-ring (bicyclic) bond motifs is 1. The van der Waals surface area contributed by atoms with Gasteiger partial charge in [-0.2, -0.15) is 0 Å². The van der Waals surface area contributed by atoms with E-state index in [1.807, 2.05) is 54.3 Å². The number of imidazole rings is 1. The van der Waals surface area contributed by atoms with Gasteiger partial charge in [0.15, 0.2) is 0 Å². The van der Waals surface area contributed by atoms with Gasteiger partial charge in [-0.25, -0.2) is 4.98 Å². The zero-order chi connectivity index (χ0) is 19.5. The fourth-order valence-corrected chi connectivity index (χ4v) is 3.88. The maximum absolute atomic E-state index is 12.3. The predicted octanol–water partition coefficient (Wildman–Crippen LogP) is 3.93. The van der Waals surface area contributed by atoms with Crippen molar-refractivity contribution in [2.75, 3.05) is 19.7 Å². The molecule has 1 amide bonds. The molecule has 5 heteroatoms. The monoisotopic (exact) mass is 375 g/mol. The molecule has 1 atom stereocenters. The third kappa shape index (κ3) is 3.52. The van der Waals surface area contributed by atoms with Crippen LogP contribution in [-0.4, -0.2) is 40.1 Å². The Balaban J connectivity index is 1.58. The van der Waals surface area contributed by atoms with Crippen LogP contribution in [0.2, 0.25) is 0 Å². The number of hydrogen-bond acceptors (Lipinski definition) is 3. The van der Waals surface area contributed by atoms with Crippen LogP contribution in [0.3, 0.4) is 0 Å². The maximum Gasteiger partial charge on any atom is 0.223 e. The molecule has 0 N–H and O–H groups in total. The van der Waals surface area contributed by atoms with Crippen molar-refractivity contribution in [3.05, 3.63) is 72.6 Å².